The Kier molecular flexibility index (Phi) is 2.88. The van der Waals surface area contributed by atoms with E-state index < -0.39 is 5.89 Å². The lowest BCUT2D eigenvalue weighted by Crippen LogP contribution is -1.94. The van der Waals surface area contributed by atoms with E-state index in [2.05, 4.69) is 22.1 Å². The summed E-state index contributed by atoms with van der Waals surface area (Å²) >= 11 is 1.68. The maximum absolute atomic E-state index is 8.71. The molecule has 0 N–H and O–H groups in total. The Hall–Kier alpha value is -2.26. The zero-order chi connectivity index (χ0) is 19.5. The van der Waals surface area contributed by atoms with Crippen LogP contribution in [0.1, 0.15) is 46.9 Å². The molecule has 0 bridgehead atoms. The van der Waals surface area contributed by atoms with Crippen LogP contribution < -0.4 is 0 Å². The standard InChI is InChI=1S/C22H20N2S/c1-14-11-21-19(13-23-14)17-7-4-8-18(22(17)25-21)20-10-9-16(12-24-20)15-5-2-3-6-15/h4,7-13,15H,2-3,5-6H2,1H3/i9D,10D,15D. The highest BCUT2D eigenvalue weighted by molar-refractivity contribution is 7.26. The van der Waals surface area contributed by atoms with E-state index in [-0.39, 0.29) is 12.1 Å². The molecule has 0 radical (unpaired) electrons. The van der Waals surface area contributed by atoms with E-state index in [0.717, 1.165) is 52.4 Å². The highest BCUT2D eigenvalue weighted by Gasteiger charge is 2.18. The van der Waals surface area contributed by atoms with Crippen LogP contribution in [0.2, 0.25) is 0 Å². The van der Waals surface area contributed by atoms with Crippen molar-refractivity contribution in [1.82, 2.24) is 9.97 Å². The van der Waals surface area contributed by atoms with Gasteiger partial charge in [-0.3, -0.25) is 9.97 Å². The molecule has 0 amide bonds. The minimum absolute atomic E-state index is 0.121. The fourth-order valence-electron chi connectivity index (χ4n) is 3.68. The number of benzene rings is 1. The van der Waals surface area contributed by atoms with E-state index >= 15 is 0 Å². The molecular weight excluding hydrogens is 324 g/mol. The summed E-state index contributed by atoms with van der Waals surface area (Å²) in [7, 11) is 0. The molecule has 0 unspecified atom stereocenters. The topological polar surface area (TPSA) is 25.8 Å². The van der Waals surface area contributed by atoms with Gasteiger partial charge in [-0.2, -0.15) is 0 Å². The van der Waals surface area contributed by atoms with Crippen molar-refractivity contribution >= 4 is 31.5 Å². The SMILES string of the molecule is [2H]c1c(C2([2H])CCCC2)cnc(-c2cccc3c2sc2cc(C)ncc23)c1[2H]. The average Bonchev–Trinajstić information content (AvgIpc) is 3.27. The van der Waals surface area contributed by atoms with Crippen LogP contribution in [-0.2, 0) is 0 Å². The van der Waals surface area contributed by atoms with Crippen LogP contribution in [0.15, 0.2) is 48.7 Å². The van der Waals surface area contributed by atoms with Crippen molar-refractivity contribution in [1.29, 1.82) is 0 Å². The molecule has 1 aliphatic rings. The van der Waals surface area contributed by atoms with Crippen molar-refractivity contribution in [2.24, 2.45) is 0 Å². The molecule has 4 aromatic rings. The third-order valence-corrected chi connectivity index (χ3v) is 6.20. The van der Waals surface area contributed by atoms with Crippen molar-refractivity contribution in [3.05, 3.63) is 60.0 Å². The third-order valence-electron chi connectivity index (χ3n) is 5.00. The van der Waals surface area contributed by atoms with Crippen LogP contribution in [-0.4, -0.2) is 9.97 Å². The molecule has 1 fully saturated rings. The highest BCUT2D eigenvalue weighted by atomic mass is 32.1. The van der Waals surface area contributed by atoms with E-state index in [4.69, 9.17) is 4.11 Å². The molecule has 1 saturated carbocycles. The van der Waals surface area contributed by atoms with Gasteiger partial charge in [-0.05, 0) is 43.3 Å². The van der Waals surface area contributed by atoms with E-state index in [9.17, 15) is 0 Å². The molecule has 3 heterocycles. The number of thiophene rings is 1. The van der Waals surface area contributed by atoms with Crippen LogP contribution in [0.5, 0.6) is 0 Å². The van der Waals surface area contributed by atoms with E-state index in [0.29, 0.717) is 11.3 Å². The minimum Gasteiger partial charge on any atom is -0.261 e. The molecule has 3 aromatic heterocycles. The summed E-state index contributed by atoms with van der Waals surface area (Å²) in [5.74, 6) is -0.759. The first kappa shape index (κ1) is 12.2. The largest absolute Gasteiger partial charge is 0.261 e. The Morgan fingerprint density at radius 3 is 2.88 bits per heavy atom. The van der Waals surface area contributed by atoms with Gasteiger partial charge in [-0.15, -0.1) is 11.3 Å². The minimum atomic E-state index is -0.759. The number of fused-ring (bicyclic) bond motifs is 3. The second-order valence-corrected chi connectivity index (χ2v) is 7.74. The van der Waals surface area contributed by atoms with Gasteiger partial charge in [0.15, 0.2) is 0 Å². The van der Waals surface area contributed by atoms with Crippen molar-refractivity contribution in [3.8, 4) is 11.3 Å². The van der Waals surface area contributed by atoms with Crippen molar-refractivity contribution in [3.63, 3.8) is 0 Å². The second kappa shape index (κ2) is 5.92. The lowest BCUT2D eigenvalue weighted by atomic mass is 9.98. The summed E-state index contributed by atoms with van der Waals surface area (Å²) < 4.78 is 28.1. The van der Waals surface area contributed by atoms with Crippen molar-refractivity contribution in [2.45, 2.75) is 38.5 Å². The predicted octanol–water partition coefficient (Wildman–Crippen LogP) is 6.48. The molecule has 3 heteroatoms. The number of hydrogen-bond donors (Lipinski definition) is 0. The molecule has 0 atom stereocenters. The summed E-state index contributed by atoms with van der Waals surface area (Å²) in [6, 6.07) is 8.38. The van der Waals surface area contributed by atoms with Crippen LogP contribution in [0, 0.1) is 6.92 Å². The van der Waals surface area contributed by atoms with E-state index in [1.807, 2.05) is 25.3 Å². The molecule has 0 spiro atoms. The van der Waals surface area contributed by atoms with Crippen LogP contribution in [0.3, 0.4) is 0 Å². The molecule has 1 aromatic carbocycles. The van der Waals surface area contributed by atoms with Gasteiger partial charge in [0.25, 0.3) is 0 Å². The van der Waals surface area contributed by atoms with E-state index in [1.54, 1.807) is 17.5 Å². The Bertz CT molecular complexity index is 1230. The zero-order valence-electron chi connectivity index (χ0n) is 17.1. The van der Waals surface area contributed by atoms with Gasteiger partial charge in [-0.25, -0.2) is 0 Å². The Balaban J connectivity index is 1.72. The monoisotopic (exact) mass is 347 g/mol. The quantitative estimate of drug-likeness (QED) is 0.415. The average molecular weight is 348 g/mol. The Labute approximate surface area is 155 Å². The summed E-state index contributed by atoms with van der Waals surface area (Å²) in [4.78, 5) is 9.03. The first-order chi connectivity index (χ1) is 13.5. The summed E-state index contributed by atoms with van der Waals surface area (Å²) in [6.45, 7) is 1.99. The summed E-state index contributed by atoms with van der Waals surface area (Å²) in [6.07, 6.45) is 7.09. The van der Waals surface area contributed by atoms with E-state index in [1.165, 1.54) is 4.70 Å². The first-order valence-electron chi connectivity index (χ1n) is 10.2. The lowest BCUT2D eigenvalue weighted by molar-refractivity contribution is 0.719. The van der Waals surface area contributed by atoms with Crippen molar-refractivity contribution in [2.75, 3.05) is 0 Å². The maximum Gasteiger partial charge on any atom is 0.0716 e. The fraction of sp³-hybridized carbons (Fsp3) is 0.273. The zero-order valence-corrected chi connectivity index (χ0v) is 14.9. The third kappa shape index (κ3) is 2.54. The number of aromatic nitrogens is 2. The van der Waals surface area contributed by atoms with Crippen molar-refractivity contribution < 1.29 is 4.11 Å². The van der Waals surface area contributed by atoms with Gasteiger partial charge in [-0.1, -0.05) is 37.1 Å². The smallest absolute Gasteiger partial charge is 0.0716 e. The van der Waals surface area contributed by atoms with Gasteiger partial charge in [0, 0.05) is 45.2 Å². The molecule has 124 valence electrons. The second-order valence-electron chi connectivity index (χ2n) is 6.69. The normalized spacial score (nSPS) is 18.4. The van der Waals surface area contributed by atoms with Gasteiger partial charge in [0.1, 0.15) is 0 Å². The summed E-state index contributed by atoms with van der Waals surface area (Å²) in [5.41, 5.74) is 2.99. The van der Waals surface area contributed by atoms with Gasteiger partial charge in [0.2, 0.25) is 0 Å². The number of pyridine rings is 2. The van der Waals surface area contributed by atoms with Crippen LogP contribution in [0.25, 0.3) is 31.4 Å². The molecule has 5 rings (SSSR count). The Morgan fingerprint density at radius 2 is 2.00 bits per heavy atom. The van der Waals surface area contributed by atoms with Gasteiger partial charge >= 0.3 is 0 Å². The first-order valence-corrected chi connectivity index (χ1v) is 9.54. The van der Waals surface area contributed by atoms with Gasteiger partial charge in [0.05, 0.1) is 8.44 Å². The van der Waals surface area contributed by atoms with Crippen LogP contribution in [0.4, 0.5) is 0 Å². The number of rotatable bonds is 2. The van der Waals surface area contributed by atoms with Gasteiger partial charge < -0.3 is 0 Å². The Morgan fingerprint density at radius 1 is 1.12 bits per heavy atom. The number of aryl methyl sites for hydroxylation is 1. The highest BCUT2D eigenvalue weighted by Crippen LogP contribution is 2.40. The maximum atomic E-state index is 8.71. The number of hydrogen-bond acceptors (Lipinski definition) is 3. The molecule has 1 aliphatic carbocycles. The fourth-order valence-corrected chi connectivity index (χ4v) is 4.97. The summed E-state index contributed by atoms with van der Waals surface area (Å²) in [5, 5.41) is 2.22. The predicted molar refractivity (Wildman–Crippen MR) is 106 cm³/mol. The molecule has 0 aliphatic heterocycles. The number of nitrogens with zero attached hydrogens (tertiary/aromatic N) is 2. The molecular formula is C22H20N2S. The molecule has 2 nitrogen and oxygen atoms in total. The lowest BCUT2D eigenvalue weighted by Gasteiger charge is -2.10. The molecule has 25 heavy (non-hydrogen) atoms. The van der Waals surface area contributed by atoms with Crippen LogP contribution >= 0.6 is 11.3 Å². The molecule has 0 saturated heterocycles.